The summed E-state index contributed by atoms with van der Waals surface area (Å²) in [4.78, 5) is 8.15. The Hall–Kier alpha value is -1.74. The van der Waals surface area contributed by atoms with E-state index in [1.807, 2.05) is 0 Å². The van der Waals surface area contributed by atoms with Gasteiger partial charge >= 0.3 is 0 Å². The molecule has 7 N–H and O–H groups in total. The second kappa shape index (κ2) is 5.57. The molecule has 2 aliphatic rings. The van der Waals surface area contributed by atoms with Gasteiger partial charge in [-0.25, -0.2) is 4.99 Å². The molecule has 0 amide bonds. The molecule has 2 rings (SSSR count). The lowest BCUT2D eigenvalue weighted by molar-refractivity contribution is -0.0695. The zero-order valence-electron chi connectivity index (χ0n) is 11.7. The molecule has 0 aromatic rings. The Bertz CT molecular complexity index is 526. The van der Waals surface area contributed by atoms with Crippen LogP contribution in [0.5, 0.6) is 0 Å². The van der Waals surface area contributed by atoms with Crippen LogP contribution in [-0.2, 0) is 4.74 Å². The van der Waals surface area contributed by atoms with Gasteiger partial charge in [-0.2, -0.15) is 0 Å². The van der Waals surface area contributed by atoms with E-state index in [1.165, 1.54) is 13.1 Å². The van der Waals surface area contributed by atoms with E-state index in [1.54, 1.807) is 0 Å². The first-order chi connectivity index (χ1) is 9.84. The summed E-state index contributed by atoms with van der Waals surface area (Å²) >= 11 is 0. The summed E-state index contributed by atoms with van der Waals surface area (Å²) in [6, 6.07) is 0. The van der Waals surface area contributed by atoms with E-state index >= 15 is 0 Å². The summed E-state index contributed by atoms with van der Waals surface area (Å²) in [6.07, 6.45) is -0.352. The van der Waals surface area contributed by atoms with Crippen molar-refractivity contribution in [2.45, 2.75) is 30.8 Å². The molecule has 0 bridgehead atoms. The van der Waals surface area contributed by atoms with Gasteiger partial charge in [0.15, 0.2) is 0 Å². The Kier molecular flexibility index (Phi) is 4.15. The number of aliphatic hydroxyl groups excluding tert-OH is 2. The first-order valence-electron chi connectivity index (χ1n) is 6.48. The highest BCUT2D eigenvalue weighted by atomic mass is 16.6. The van der Waals surface area contributed by atoms with E-state index in [0.717, 1.165) is 6.34 Å². The predicted molar refractivity (Wildman–Crippen MR) is 77.4 cm³/mol. The zero-order chi connectivity index (χ0) is 15.8. The maximum Gasteiger partial charge on any atom is 0.117 e. The maximum absolute atomic E-state index is 10.5. The van der Waals surface area contributed by atoms with Crippen molar-refractivity contribution in [2.75, 3.05) is 6.61 Å². The predicted octanol–water partition coefficient (Wildman–Crippen LogP) is -1.77. The standard InChI is InChI=1S/C13H20N4O4/c1-6(15)9-10(17-5-14)7(3-16-9)12-13(2,20)11(19)8(4-18)21-12/h3,5,7-8,11-12,18-20H,1,4,15H2,2H3,(H2,14,17)/t7?,8-,11-,12+,13-/m1/s1. The number of hydrogen-bond acceptors (Lipinski definition) is 7. The van der Waals surface area contributed by atoms with Crippen LogP contribution in [-0.4, -0.2) is 58.4 Å². The third-order valence-corrected chi connectivity index (χ3v) is 3.79. The van der Waals surface area contributed by atoms with Crippen LogP contribution in [0.4, 0.5) is 0 Å². The molecule has 0 aromatic heterocycles. The van der Waals surface area contributed by atoms with E-state index in [9.17, 15) is 15.3 Å². The molecule has 1 saturated heterocycles. The maximum atomic E-state index is 10.5. The second-order valence-corrected chi connectivity index (χ2v) is 5.29. The normalized spacial score (nSPS) is 39.6. The van der Waals surface area contributed by atoms with Crippen molar-refractivity contribution in [3.63, 3.8) is 0 Å². The third-order valence-electron chi connectivity index (χ3n) is 3.79. The fourth-order valence-corrected chi connectivity index (χ4v) is 2.68. The van der Waals surface area contributed by atoms with Gasteiger partial charge in [-0.05, 0) is 6.92 Å². The fourth-order valence-electron chi connectivity index (χ4n) is 2.68. The zero-order valence-corrected chi connectivity index (χ0v) is 11.7. The summed E-state index contributed by atoms with van der Waals surface area (Å²) < 4.78 is 5.57. The van der Waals surface area contributed by atoms with Crippen molar-refractivity contribution >= 4 is 12.6 Å². The highest BCUT2D eigenvalue weighted by Crippen LogP contribution is 2.40. The smallest absolute Gasteiger partial charge is 0.117 e. The molecule has 8 heteroatoms. The number of aliphatic imine (C=N–C) groups is 2. The van der Waals surface area contributed by atoms with Crippen molar-refractivity contribution < 1.29 is 20.1 Å². The van der Waals surface area contributed by atoms with Gasteiger partial charge in [0.25, 0.3) is 0 Å². The summed E-state index contributed by atoms with van der Waals surface area (Å²) in [5.74, 6) is -0.554. The summed E-state index contributed by atoms with van der Waals surface area (Å²) in [5, 5.41) is 29.7. The van der Waals surface area contributed by atoms with E-state index in [0.29, 0.717) is 11.4 Å². The largest absolute Gasteiger partial charge is 0.397 e. The minimum absolute atomic E-state index is 0.214. The molecule has 0 radical (unpaired) electrons. The van der Waals surface area contributed by atoms with Crippen LogP contribution in [0.1, 0.15) is 6.92 Å². The lowest BCUT2D eigenvalue weighted by Crippen LogP contribution is -2.48. The number of ether oxygens (including phenoxy) is 1. The average Bonchev–Trinajstić information content (AvgIpc) is 2.91. The van der Waals surface area contributed by atoms with Crippen LogP contribution < -0.4 is 11.5 Å². The topological polar surface area (TPSA) is 147 Å². The molecular weight excluding hydrogens is 276 g/mol. The SMILES string of the molecule is C=C(N)C1=C(N=CN)C([C@@H]2O[C@H](CO)[C@@H](O)[C@@]2(C)O)C=N1. The van der Waals surface area contributed by atoms with Gasteiger partial charge in [0.2, 0.25) is 0 Å². The molecule has 8 nitrogen and oxygen atoms in total. The van der Waals surface area contributed by atoms with Gasteiger partial charge in [0.1, 0.15) is 29.6 Å². The molecular formula is C13H20N4O4. The van der Waals surface area contributed by atoms with Crippen molar-refractivity contribution in [1.82, 2.24) is 0 Å². The molecule has 0 saturated carbocycles. The Morgan fingerprint density at radius 3 is 2.81 bits per heavy atom. The van der Waals surface area contributed by atoms with Gasteiger partial charge in [-0.1, -0.05) is 6.58 Å². The van der Waals surface area contributed by atoms with Gasteiger partial charge in [-0.15, -0.1) is 0 Å². The van der Waals surface area contributed by atoms with Crippen molar-refractivity contribution in [1.29, 1.82) is 0 Å². The summed E-state index contributed by atoms with van der Waals surface area (Å²) in [7, 11) is 0. The van der Waals surface area contributed by atoms with Gasteiger partial charge < -0.3 is 31.5 Å². The average molecular weight is 296 g/mol. The third kappa shape index (κ3) is 2.46. The van der Waals surface area contributed by atoms with Crippen molar-refractivity contribution in [2.24, 2.45) is 27.4 Å². The number of hydrogen-bond donors (Lipinski definition) is 5. The lowest BCUT2D eigenvalue weighted by Gasteiger charge is -2.29. The fraction of sp³-hybridized carbons (Fsp3) is 0.538. The molecule has 1 fully saturated rings. The van der Waals surface area contributed by atoms with Crippen LogP contribution in [0.25, 0.3) is 0 Å². The first kappa shape index (κ1) is 15.6. The van der Waals surface area contributed by atoms with Crippen LogP contribution in [0.15, 0.2) is 33.7 Å². The Morgan fingerprint density at radius 1 is 1.67 bits per heavy atom. The summed E-state index contributed by atoms with van der Waals surface area (Å²) in [6.45, 7) is 4.64. The van der Waals surface area contributed by atoms with Gasteiger partial charge in [-0.3, -0.25) is 4.99 Å². The molecule has 0 aliphatic carbocycles. The second-order valence-electron chi connectivity index (χ2n) is 5.29. The molecule has 0 spiro atoms. The van der Waals surface area contributed by atoms with Crippen LogP contribution in [0.2, 0.25) is 0 Å². The highest BCUT2D eigenvalue weighted by molar-refractivity contribution is 5.75. The van der Waals surface area contributed by atoms with Crippen molar-refractivity contribution in [3.05, 3.63) is 23.7 Å². The molecule has 5 atom stereocenters. The molecule has 116 valence electrons. The molecule has 0 aromatic carbocycles. The van der Waals surface area contributed by atoms with E-state index in [-0.39, 0.29) is 5.70 Å². The highest BCUT2D eigenvalue weighted by Gasteiger charge is 2.55. The number of nitrogens with two attached hydrogens (primary N) is 2. The van der Waals surface area contributed by atoms with Crippen LogP contribution in [0.3, 0.4) is 0 Å². The Morgan fingerprint density at radius 2 is 2.33 bits per heavy atom. The molecule has 2 aliphatic heterocycles. The van der Waals surface area contributed by atoms with E-state index < -0.39 is 36.4 Å². The lowest BCUT2D eigenvalue weighted by atomic mass is 9.84. The molecule has 21 heavy (non-hydrogen) atoms. The first-order valence-corrected chi connectivity index (χ1v) is 6.48. The monoisotopic (exact) mass is 296 g/mol. The number of rotatable bonds is 4. The molecule has 1 unspecified atom stereocenters. The van der Waals surface area contributed by atoms with Crippen LogP contribution in [0, 0.1) is 5.92 Å². The summed E-state index contributed by atoms with van der Waals surface area (Å²) in [5.41, 5.74) is 10.4. The number of aliphatic hydroxyl groups is 3. The quantitative estimate of drug-likeness (QED) is 0.306. The minimum atomic E-state index is -1.58. The van der Waals surface area contributed by atoms with E-state index in [2.05, 4.69) is 16.6 Å². The Labute approximate surface area is 122 Å². The van der Waals surface area contributed by atoms with Gasteiger partial charge in [0.05, 0.1) is 30.3 Å². The van der Waals surface area contributed by atoms with E-state index in [4.69, 9.17) is 16.2 Å². The Balaban J connectivity index is 2.38. The minimum Gasteiger partial charge on any atom is -0.397 e. The number of nitrogens with zero attached hydrogens (tertiary/aromatic N) is 2. The van der Waals surface area contributed by atoms with Crippen molar-refractivity contribution in [3.8, 4) is 0 Å². The molecule has 2 heterocycles. The van der Waals surface area contributed by atoms with Gasteiger partial charge in [0, 0.05) is 6.21 Å². The van der Waals surface area contributed by atoms with Crippen LogP contribution >= 0.6 is 0 Å².